The van der Waals surface area contributed by atoms with Crippen LogP contribution in [-0.4, -0.2) is 69.8 Å². The molecule has 3 aliphatic rings. The van der Waals surface area contributed by atoms with Gasteiger partial charge in [-0.15, -0.1) is 24.5 Å². The maximum atomic E-state index is 14.2. The fraction of sp³-hybridized carbons (Fsp3) is 0.647. The predicted molar refractivity (Wildman–Crippen MR) is 178 cm³/mol. The van der Waals surface area contributed by atoms with Crippen LogP contribution in [0.15, 0.2) is 41.8 Å². The number of aromatic nitrogens is 1. The normalized spacial score (nSPS) is 24.5. The molecule has 1 aromatic heterocycles. The van der Waals surface area contributed by atoms with Gasteiger partial charge < -0.3 is 20.6 Å². The van der Waals surface area contributed by atoms with Gasteiger partial charge in [-0.1, -0.05) is 38.3 Å². The molecular formula is C34H53N5O3S. The number of likely N-dealkylation sites (tertiary alicyclic amines) is 1. The molecule has 4 unspecified atom stereocenters. The Hall–Kier alpha value is -2.62. The molecule has 0 bridgehead atoms. The van der Waals surface area contributed by atoms with E-state index >= 15 is 0 Å². The van der Waals surface area contributed by atoms with Crippen molar-refractivity contribution in [3.63, 3.8) is 0 Å². The minimum atomic E-state index is -1.05. The molecule has 5 atom stereocenters. The number of nitrogens with zero attached hydrogens (tertiary/aromatic N) is 3. The van der Waals surface area contributed by atoms with Gasteiger partial charge in [0, 0.05) is 17.8 Å². The number of thiazole rings is 1. The van der Waals surface area contributed by atoms with Gasteiger partial charge in [0.25, 0.3) is 0 Å². The van der Waals surface area contributed by atoms with E-state index in [1.807, 2.05) is 30.9 Å². The molecule has 1 aliphatic carbocycles. The Labute approximate surface area is 262 Å². The van der Waals surface area contributed by atoms with Gasteiger partial charge in [-0.3, -0.25) is 14.6 Å². The van der Waals surface area contributed by atoms with Gasteiger partial charge in [-0.25, -0.2) is 4.98 Å². The quantitative estimate of drug-likeness (QED) is 0.287. The number of allylic oxidation sites excluding steroid dienone is 1. The van der Waals surface area contributed by atoms with E-state index in [0.717, 1.165) is 61.2 Å². The number of dihydropyridines is 1. The Balaban J connectivity index is 0.00000248. The average Bonchev–Trinajstić information content (AvgIpc) is 3.70. The number of aliphatic hydroxyl groups is 1. The van der Waals surface area contributed by atoms with Crippen molar-refractivity contribution in [2.75, 3.05) is 13.6 Å². The lowest BCUT2D eigenvalue weighted by molar-refractivity contribution is -0.139. The highest BCUT2D eigenvalue weighted by molar-refractivity contribution is 7.09. The second-order valence-electron chi connectivity index (χ2n) is 12.4. The molecule has 0 spiro atoms. The van der Waals surface area contributed by atoms with Crippen molar-refractivity contribution in [2.45, 2.75) is 116 Å². The SMILES string of the molecule is C/C=C\C1N=C(C(C)(C)O)C=C(c2csc(C3CCCN3C(=O)C(NC(=O)[C@H](C)NC)C3CCCCC3)n2)C1CC.C=C. The molecule has 43 heavy (non-hydrogen) atoms. The average molecular weight is 612 g/mol. The van der Waals surface area contributed by atoms with E-state index in [4.69, 9.17) is 9.98 Å². The number of carbonyl (C=O) groups is 2. The van der Waals surface area contributed by atoms with Crippen molar-refractivity contribution >= 4 is 34.4 Å². The van der Waals surface area contributed by atoms with E-state index < -0.39 is 11.6 Å². The third-order valence-corrected chi connectivity index (χ3v) is 9.94. The van der Waals surface area contributed by atoms with Crippen molar-refractivity contribution in [3.05, 3.63) is 47.5 Å². The minimum absolute atomic E-state index is 0.0284. The summed E-state index contributed by atoms with van der Waals surface area (Å²) in [7, 11) is 1.76. The van der Waals surface area contributed by atoms with E-state index in [0.29, 0.717) is 12.3 Å². The summed E-state index contributed by atoms with van der Waals surface area (Å²) < 4.78 is 0. The summed E-state index contributed by atoms with van der Waals surface area (Å²) in [5, 5.41) is 20.0. The summed E-state index contributed by atoms with van der Waals surface area (Å²) in [4.78, 5) is 39.1. The zero-order valence-corrected chi connectivity index (χ0v) is 27.9. The second kappa shape index (κ2) is 15.9. The van der Waals surface area contributed by atoms with E-state index in [-0.39, 0.29) is 41.8 Å². The largest absolute Gasteiger partial charge is 0.384 e. The number of hydrogen-bond donors (Lipinski definition) is 3. The van der Waals surface area contributed by atoms with Crippen molar-refractivity contribution in [1.29, 1.82) is 0 Å². The van der Waals surface area contributed by atoms with Crippen LogP contribution in [0.3, 0.4) is 0 Å². The molecule has 238 valence electrons. The number of carbonyl (C=O) groups excluding carboxylic acids is 2. The lowest BCUT2D eigenvalue weighted by atomic mass is 9.82. The van der Waals surface area contributed by atoms with Crippen LogP contribution >= 0.6 is 11.3 Å². The minimum Gasteiger partial charge on any atom is -0.384 e. The topological polar surface area (TPSA) is 107 Å². The fourth-order valence-electron chi connectivity index (χ4n) is 6.46. The van der Waals surface area contributed by atoms with Gasteiger partial charge in [-0.2, -0.15) is 0 Å². The summed E-state index contributed by atoms with van der Waals surface area (Å²) in [6.07, 6.45) is 14.2. The monoisotopic (exact) mass is 611 g/mol. The van der Waals surface area contributed by atoms with Gasteiger partial charge in [0.2, 0.25) is 11.8 Å². The van der Waals surface area contributed by atoms with Crippen LogP contribution in [0.1, 0.15) is 103 Å². The number of nitrogens with one attached hydrogen (secondary N) is 2. The van der Waals surface area contributed by atoms with Gasteiger partial charge in [0.05, 0.1) is 29.5 Å². The molecule has 0 radical (unpaired) electrons. The molecule has 1 saturated carbocycles. The number of hydrogen-bond acceptors (Lipinski definition) is 7. The third kappa shape index (κ3) is 8.31. The van der Waals surface area contributed by atoms with Gasteiger partial charge in [0.15, 0.2) is 0 Å². The van der Waals surface area contributed by atoms with Crippen molar-refractivity contribution < 1.29 is 14.7 Å². The van der Waals surface area contributed by atoms with Crippen molar-refractivity contribution in [2.24, 2.45) is 16.8 Å². The van der Waals surface area contributed by atoms with E-state index in [1.54, 1.807) is 32.2 Å². The van der Waals surface area contributed by atoms with E-state index in [1.165, 1.54) is 6.42 Å². The second-order valence-corrected chi connectivity index (χ2v) is 13.2. The van der Waals surface area contributed by atoms with E-state index in [9.17, 15) is 14.7 Å². The number of amides is 2. The molecule has 9 heteroatoms. The molecule has 2 fully saturated rings. The summed E-state index contributed by atoms with van der Waals surface area (Å²) in [5.74, 6) is 0.228. The van der Waals surface area contributed by atoms with Crippen LogP contribution in [-0.2, 0) is 9.59 Å². The molecule has 2 amide bonds. The zero-order valence-electron chi connectivity index (χ0n) is 27.1. The first-order chi connectivity index (χ1) is 20.6. The maximum Gasteiger partial charge on any atom is 0.246 e. The summed E-state index contributed by atoms with van der Waals surface area (Å²) in [5.41, 5.74) is 1.60. The zero-order chi connectivity index (χ0) is 31.7. The first kappa shape index (κ1) is 34.9. The Kier molecular flexibility index (Phi) is 12.9. The van der Waals surface area contributed by atoms with Gasteiger partial charge >= 0.3 is 0 Å². The molecule has 3 N–H and O–H groups in total. The van der Waals surface area contributed by atoms with Crippen LogP contribution in [0.5, 0.6) is 0 Å². The Morgan fingerprint density at radius 2 is 1.91 bits per heavy atom. The fourth-order valence-corrected chi connectivity index (χ4v) is 7.43. The van der Waals surface area contributed by atoms with Gasteiger partial charge in [-0.05, 0) is 84.4 Å². The smallest absolute Gasteiger partial charge is 0.246 e. The predicted octanol–water partition coefficient (Wildman–Crippen LogP) is 5.86. The summed E-state index contributed by atoms with van der Waals surface area (Å²) in [6.45, 7) is 16.2. The number of rotatable bonds is 10. The molecule has 2 aliphatic heterocycles. The Bertz CT molecular complexity index is 1180. The lowest BCUT2D eigenvalue weighted by Gasteiger charge is -2.35. The first-order valence-electron chi connectivity index (χ1n) is 16.0. The van der Waals surface area contributed by atoms with Crippen LogP contribution in [0, 0.1) is 11.8 Å². The van der Waals surface area contributed by atoms with Crippen LogP contribution in [0.4, 0.5) is 0 Å². The molecule has 1 saturated heterocycles. The molecule has 8 nitrogen and oxygen atoms in total. The number of likely N-dealkylation sites (N-methyl/N-ethyl adjacent to an activating group) is 1. The van der Waals surface area contributed by atoms with E-state index in [2.05, 4.69) is 42.2 Å². The van der Waals surface area contributed by atoms with Crippen molar-refractivity contribution in [3.8, 4) is 0 Å². The number of aliphatic imine (C=N–C) groups is 1. The van der Waals surface area contributed by atoms with Gasteiger partial charge in [0.1, 0.15) is 16.7 Å². The standard InChI is InChI=1S/C32H49N5O3S.C2H4/c1-7-13-24-22(8-2)23(18-27(34-24)32(4,5)40)25-19-41-30(35-25)26-16-12-17-37(26)31(39)28(21-14-10-9-11-15-21)36-29(38)20(3)33-6;1-2/h7,13,18-22,24,26,28,33,40H,8-12,14-17H2,1-6H3,(H,36,38);1-2H2/b13-7-;/t20-,22?,24?,26?,28?;/m0./s1. The lowest BCUT2D eigenvalue weighted by Crippen LogP contribution is -2.55. The summed E-state index contributed by atoms with van der Waals surface area (Å²) >= 11 is 1.60. The third-order valence-electron chi connectivity index (χ3n) is 9.00. The highest BCUT2D eigenvalue weighted by Gasteiger charge is 2.40. The Morgan fingerprint density at radius 1 is 1.21 bits per heavy atom. The molecule has 4 rings (SSSR count). The van der Waals surface area contributed by atoms with Crippen molar-refractivity contribution in [1.82, 2.24) is 20.5 Å². The molecular weight excluding hydrogens is 558 g/mol. The van der Waals surface area contributed by atoms with Crippen LogP contribution < -0.4 is 10.6 Å². The molecule has 1 aromatic rings. The molecule has 0 aromatic carbocycles. The Morgan fingerprint density at radius 3 is 2.51 bits per heavy atom. The van der Waals surface area contributed by atoms with Crippen LogP contribution in [0.25, 0.3) is 5.57 Å². The summed E-state index contributed by atoms with van der Waals surface area (Å²) in [6, 6.07) is -1.01. The maximum absolute atomic E-state index is 14.2. The highest BCUT2D eigenvalue weighted by atomic mass is 32.1. The first-order valence-corrected chi connectivity index (χ1v) is 16.9. The highest BCUT2D eigenvalue weighted by Crippen LogP contribution is 2.40. The van der Waals surface area contributed by atoms with Crippen LogP contribution in [0.2, 0.25) is 0 Å². The molecule has 3 heterocycles.